The Bertz CT molecular complexity index is 831. The number of carbonyl (C=O) groups is 2. The van der Waals surface area contributed by atoms with Crippen molar-refractivity contribution < 1.29 is 14.7 Å². The van der Waals surface area contributed by atoms with Gasteiger partial charge in [-0.05, 0) is 42.9 Å². The molecule has 2 aromatic rings. The van der Waals surface area contributed by atoms with Crippen molar-refractivity contribution in [3.05, 3.63) is 35.5 Å². The fraction of sp³-hybridized carbons (Fsp3) is 0.500. The molecule has 1 saturated heterocycles. The van der Waals surface area contributed by atoms with Crippen LogP contribution >= 0.6 is 0 Å². The van der Waals surface area contributed by atoms with Crippen molar-refractivity contribution in [1.29, 1.82) is 0 Å². The van der Waals surface area contributed by atoms with E-state index in [4.69, 9.17) is 0 Å². The third-order valence-electron chi connectivity index (χ3n) is 5.22. The molecular weight excluding hydrogens is 316 g/mol. The minimum absolute atomic E-state index is 0.0413. The predicted molar refractivity (Wildman–Crippen MR) is 97.9 cm³/mol. The zero-order chi connectivity index (χ0) is 18.4. The first-order valence-corrected chi connectivity index (χ1v) is 8.76. The second-order valence-corrected chi connectivity index (χ2v) is 8.43. The van der Waals surface area contributed by atoms with Gasteiger partial charge in [0.25, 0.3) is 5.91 Å². The fourth-order valence-corrected chi connectivity index (χ4v) is 3.47. The number of nitrogens with one attached hydrogen (secondary N) is 1. The number of piperidine rings is 1. The lowest BCUT2D eigenvalue weighted by atomic mass is 9.82. The molecule has 1 amide bonds. The minimum Gasteiger partial charge on any atom is -0.481 e. The van der Waals surface area contributed by atoms with Crippen molar-refractivity contribution in [2.75, 3.05) is 13.1 Å². The van der Waals surface area contributed by atoms with E-state index in [0.29, 0.717) is 25.1 Å². The SMILES string of the molecule is CC1(C(=O)O)CCCN(C(=O)c2cc3ccc(C(C)(C)C)cc3[nH]2)C1. The number of carbonyl (C=O) groups excluding carboxylic acids is 1. The topological polar surface area (TPSA) is 73.4 Å². The van der Waals surface area contributed by atoms with Crippen LogP contribution in [0.5, 0.6) is 0 Å². The molecule has 0 aliphatic carbocycles. The molecule has 0 saturated carbocycles. The molecule has 0 spiro atoms. The number of hydrogen-bond acceptors (Lipinski definition) is 2. The second-order valence-electron chi connectivity index (χ2n) is 8.43. The lowest BCUT2D eigenvalue weighted by Gasteiger charge is -2.37. The Balaban J connectivity index is 1.88. The molecule has 134 valence electrons. The fourth-order valence-electron chi connectivity index (χ4n) is 3.47. The van der Waals surface area contributed by atoms with Gasteiger partial charge < -0.3 is 15.0 Å². The van der Waals surface area contributed by atoms with E-state index in [1.807, 2.05) is 12.1 Å². The van der Waals surface area contributed by atoms with Crippen LogP contribution in [-0.4, -0.2) is 40.0 Å². The first-order valence-electron chi connectivity index (χ1n) is 8.76. The summed E-state index contributed by atoms with van der Waals surface area (Å²) in [5, 5.41) is 10.4. The standard InChI is InChI=1S/C20H26N2O3/c1-19(2,3)14-7-6-13-10-16(21-15(13)11-14)17(23)22-9-5-8-20(4,12-22)18(24)25/h6-7,10-11,21H,5,8-9,12H2,1-4H3,(H,24,25). The molecule has 0 radical (unpaired) electrons. The van der Waals surface area contributed by atoms with Crippen molar-refractivity contribution in [3.63, 3.8) is 0 Å². The van der Waals surface area contributed by atoms with Crippen LogP contribution in [0, 0.1) is 5.41 Å². The van der Waals surface area contributed by atoms with Gasteiger partial charge in [-0.1, -0.05) is 32.9 Å². The van der Waals surface area contributed by atoms with Gasteiger partial charge in [-0.25, -0.2) is 0 Å². The van der Waals surface area contributed by atoms with Gasteiger partial charge in [0.2, 0.25) is 0 Å². The highest BCUT2D eigenvalue weighted by molar-refractivity contribution is 5.98. The Morgan fingerprint density at radius 3 is 2.60 bits per heavy atom. The second kappa shape index (κ2) is 5.90. The van der Waals surface area contributed by atoms with Crippen molar-refractivity contribution in [3.8, 4) is 0 Å². The lowest BCUT2D eigenvalue weighted by molar-refractivity contribution is -0.150. The van der Waals surface area contributed by atoms with Crippen LogP contribution in [0.15, 0.2) is 24.3 Å². The molecule has 1 aromatic heterocycles. The first-order chi connectivity index (χ1) is 11.6. The molecule has 2 heterocycles. The molecule has 25 heavy (non-hydrogen) atoms. The van der Waals surface area contributed by atoms with Gasteiger partial charge in [0.15, 0.2) is 0 Å². The van der Waals surface area contributed by atoms with E-state index in [-0.39, 0.29) is 17.9 Å². The van der Waals surface area contributed by atoms with E-state index < -0.39 is 11.4 Å². The first kappa shape index (κ1) is 17.5. The van der Waals surface area contributed by atoms with Crippen LogP contribution in [-0.2, 0) is 10.2 Å². The number of H-pyrrole nitrogens is 1. The zero-order valence-corrected chi connectivity index (χ0v) is 15.3. The van der Waals surface area contributed by atoms with Gasteiger partial charge in [0.05, 0.1) is 5.41 Å². The number of benzene rings is 1. The Kier molecular flexibility index (Phi) is 4.13. The van der Waals surface area contributed by atoms with Crippen molar-refractivity contribution in [2.45, 2.75) is 46.0 Å². The lowest BCUT2D eigenvalue weighted by Crippen LogP contribution is -2.48. The van der Waals surface area contributed by atoms with E-state index in [0.717, 1.165) is 10.9 Å². The Labute approximate surface area is 148 Å². The van der Waals surface area contributed by atoms with Crippen LogP contribution in [0.1, 0.15) is 56.6 Å². The number of likely N-dealkylation sites (tertiary alicyclic amines) is 1. The Morgan fingerprint density at radius 2 is 1.96 bits per heavy atom. The highest BCUT2D eigenvalue weighted by Crippen LogP contribution is 2.31. The molecular formula is C20H26N2O3. The number of nitrogens with zero attached hydrogens (tertiary/aromatic N) is 1. The number of carboxylic acids is 1. The molecule has 5 nitrogen and oxygen atoms in total. The van der Waals surface area contributed by atoms with E-state index in [1.165, 1.54) is 5.56 Å². The van der Waals surface area contributed by atoms with Gasteiger partial charge in [0.1, 0.15) is 5.69 Å². The largest absolute Gasteiger partial charge is 0.481 e. The predicted octanol–water partition coefficient (Wildman–Crippen LogP) is 3.79. The molecule has 2 N–H and O–H groups in total. The third kappa shape index (κ3) is 3.28. The third-order valence-corrected chi connectivity index (χ3v) is 5.22. The average Bonchev–Trinajstić information content (AvgIpc) is 2.96. The summed E-state index contributed by atoms with van der Waals surface area (Å²) in [6, 6.07) is 8.06. The van der Waals surface area contributed by atoms with Crippen LogP contribution in [0.4, 0.5) is 0 Å². The van der Waals surface area contributed by atoms with Crippen LogP contribution < -0.4 is 0 Å². The van der Waals surface area contributed by atoms with E-state index in [9.17, 15) is 14.7 Å². The Hall–Kier alpha value is -2.30. The van der Waals surface area contributed by atoms with Crippen molar-refractivity contribution in [1.82, 2.24) is 9.88 Å². The van der Waals surface area contributed by atoms with E-state index in [2.05, 4.69) is 37.9 Å². The maximum absolute atomic E-state index is 12.9. The molecule has 1 aliphatic rings. The number of aromatic amines is 1. The number of hydrogen-bond donors (Lipinski definition) is 2. The quantitative estimate of drug-likeness (QED) is 0.872. The highest BCUT2D eigenvalue weighted by atomic mass is 16.4. The summed E-state index contributed by atoms with van der Waals surface area (Å²) in [5.41, 5.74) is 1.85. The number of rotatable bonds is 2. The molecule has 1 aromatic carbocycles. The summed E-state index contributed by atoms with van der Waals surface area (Å²) >= 11 is 0. The highest BCUT2D eigenvalue weighted by Gasteiger charge is 2.39. The van der Waals surface area contributed by atoms with Crippen LogP contribution in [0.3, 0.4) is 0 Å². The number of amides is 1. The molecule has 0 bridgehead atoms. The van der Waals surface area contributed by atoms with Gasteiger partial charge in [-0.3, -0.25) is 9.59 Å². The molecule has 1 unspecified atom stereocenters. The van der Waals surface area contributed by atoms with Gasteiger partial charge in [0, 0.05) is 24.0 Å². The maximum atomic E-state index is 12.9. The zero-order valence-electron chi connectivity index (χ0n) is 15.3. The molecule has 3 rings (SSSR count). The number of carboxylic acid groups (broad SMARTS) is 1. The maximum Gasteiger partial charge on any atom is 0.311 e. The molecule has 1 aliphatic heterocycles. The van der Waals surface area contributed by atoms with E-state index in [1.54, 1.807) is 11.8 Å². The molecule has 5 heteroatoms. The number of aliphatic carboxylic acids is 1. The smallest absolute Gasteiger partial charge is 0.311 e. The summed E-state index contributed by atoms with van der Waals surface area (Å²) < 4.78 is 0. The van der Waals surface area contributed by atoms with Gasteiger partial charge >= 0.3 is 5.97 Å². The molecule has 1 atom stereocenters. The monoisotopic (exact) mass is 342 g/mol. The van der Waals surface area contributed by atoms with Crippen molar-refractivity contribution >= 4 is 22.8 Å². The summed E-state index contributed by atoms with van der Waals surface area (Å²) in [6.45, 7) is 9.04. The van der Waals surface area contributed by atoms with Gasteiger partial charge in [-0.15, -0.1) is 0 Å². The van der Waals surface area contributed by atoms with Crippen LogP contribution in [0.25, 0.3) is 10.9 Å². The number of fused-ring (bicyclic) bond motifs is 1. The normalized spacial score (nSPS) is 21.5. The van der Waals surface area contributed by atoms with Crippen LogP contribution in [0.2, 0.25) is 0 Å². The summed E-state index contributed by atoms with van der Waals surface area (Å²) in [4.78, 5) is 29.3. The van der Waals surface area contributed by atoms with Crippen molar-refractivity contribution in [2.24, 2.45) is 5.41 Å². The minimum atomic E-state index is -0.862. The summed E-state index contributed by atoms with van der Waals surface area (Å²) in [5.74, 6) is -0.961. The summed E-state index contributed by atoms with van der Waals surface area (Å²) in [7, 11) is 0. The van der Waals surface area contributed by atoms with Gasteiger partial charge in [-0.2, -0.15) is 0 Å². The van der Waals surface area contributed by atoms with E-state index >= 15 is 0 Å². The molecule has 1 fully saturated rings. The Morgan fingerprint density at radius 1 is 1.24 bits per heavy atom. The summed E-state index contributed by atoms with van der Waals surface area (Å²) in [6.07, 6.45) is 1.32. The number of aromatic nitrogens is 1. The average molecular weight is 342 g/mol.